The predicted octanol–water partition coefficient (Wildman–Crippen LogP) is 1.84. The van der Waals surface area contributed by atoms with Gasteiger partial charge in [0.25, 0.3) is 0 Å². The molecule has 1 atom stereocenters. The van der Waals surface area contributed by atoms with Crippen molar-refractivity contribution in [3.63, 3.8) is 0 Å². The highest BCUT2D eigenvalue weighted by Crippen LogP contribution is 2.31. The Bertz CT molecular complexity index is 269. The van der Waals surface area contributed by atoms with E-state index in [1.165, 1.54) is 25.7 Å². The number of aliphatic imine (C=N–C) groups is 1. The number of carboxylic acid groups (broad SMARTS) is 1. The van der Waals surface area contributed by atoms with E-state index in [2.05, 4.69) is 4.99 Å². The molecule has 1 aliphatic carbocycles. The first-order valence-electron chi connectivity index (χ1n) is 5.67. The van der Waals surface area contributed by atoms with Crippen molar-refractivity contribution < 1.29 is 14.6 Å². The van der Waals surface area contributed by atoms with Crippen LogP contribution in [0.1, 0.15) is 38.5 Å². The molecule has 4 heteroatoms. The Morgan fingerprint density at radius 1 is 1.47 bits per heavy atom. The molecule has 4 nitrogen and oxygen atoms in total. The van der Waals surface area contributed by atoms with Crippen LogP contribution in [0.25, 0.3) is 0 Å². The first-order chi connectivity index (χ1) is 7.25. The summed E-state index contributed by atoms with van der Waals surface area (Å²) in [6.45, 7) is 0.666. The highest BCUT2D eigenvalue weighted by Gasteiger charge is 2.29. The average Bonchev–Trinajstić information content (AvgIpc) is 2.85. The van der Waals surface area contributed by atoms with Gasteiger partial charge in [-0.2, -0.15) is 0 Å². The molecule has 0 amide bonds. The van der Waals surface area contributed by atoms with Gasteiger partial charge in [-0.3, -0.25) is 4.79 Å². The lowest BCUT2D eigenvalue weighted by Gasteiger charge is -2.11. The number of carboxylic acids is 1. The summed E-state index contributed by atoms with van der Waals surface area (Å²) in [6, 6.07) is 0.302. The van der Waals surface area contributed by atoms with E-state index in [-0.39, 0.29) is 6.42 Å². The van der Waals surface area contributed by atoms with Gasteiger partial charge in [0.2, 0.25) is 0 Å². The van der Waals surface area contributed by atoms with Gasteiger partial charge in [0.15, 0.2) is 5.90 Å². The summed E-state index contributed by atoms with van der Waals surface area (Å²) in [5, 5.41) is 8.54. The van der Waals surface area contributed by atoms with Gasteiger partial charge in [-0.25, -0.2) is 4.99 Å². The van der Waals surface area contributed by atoms with E-state index in [0.717, 1.165) is 0 Å². The van der Waals surface area contributed by atoms with Crippen LogP contribution in [-0.4, -0.2) is 29.6 Å². The van der Waals surface area contributed by atoms with Gasteiger partial charge in [-0.1, -0.05) is 12.8 Å². The Balaban J connectivity index is 1.82. The minimum absolute atomic E-state index is 0.121. The highest BCUT2D eigenvalue weighted by molar-refractivity contribution is 5.81. The maximum atomic E-state index is 10.4. The summed E-state index contributed by atoms with van der Waals surface area (Å²) >= 11 is 0. The third kappa shape index (κ3) is 2.70. The molecule has 0 aromatic carbocycles. The van der Waals surface area contributed by atoms with Crippen molar-refractivity contribution in [1.29, 1.82) is 0 Å². The molecule has 1 unspecified atom stereocenters. The number of hydrogen-bond donors (Lipinski definition) is 1. The Labute approximate surface area is 89.3 Å². The second kappa shape index (κ2) is 4.64. The van der Waals surface area contributed by atoms with Gasteiger partial charge in [0.1, 0.15) is 6.61 Å². The van der Waals surface area contributed by atoms with E-state index < -0.39 is 5.97 Å². The summed E-state index contributed by atoms with van der Waals surface area (Å²) in [7, 11) is 0. The van der Waals surface area contributed by atoms with Crippen LogP contribution in [0.5, 0.6) is 0 Å². The van der Waals surface area contributed by atoms with E-state index in [0.29, 0.717) is 30.9 Å². The smallest absolute Gasteiger partial charge is 0.303 e. The number of aliphatic carboxylic acids is 1. The zero-order valence-electron chi connectivity index (χ0n) is 8.82. The molecule has 1 N–H and O–H groups in total. The molecule has 1 saturated carbocycles. The maximum absolute atomic E-state index is 10.4. The van der Waals surface area contributed by atoms with Crippen molar-refractivity contribution >= 4 is 11.9 Å². The summed E-state index contributed by atoms with van der Waals surface area (Å²) in [6.07, 6.45) is 5.69. The van der Waals surface area contributed by atoms with Gasteiger partial charge in [0, 0.05) is 6.42 Å². The Morgan fingerprint density at radius 3 is 2.87 bits per heavy atom. The van der Waals surface area contributed by atoms with E-state index in [9.17, 15) is 4.79 Å². The fourth-order valence-electron chi connectivity index (χ4n) is 2.38. The molecule has 1 heterocycles. The van der Waals surface area contributed by atoms with Crippen LogP contribution in [0, 0.1) is 5.92 Å². The van der Waals surface area contributed by atoms with Gasteiger partial charge >= 0.3 is 5.97 Å². The lowest BCUT2D eigenvalue weighted by Crippen LogP contribution is -2.16. The van der Waals surface area contributed by atoms with E-state index in [4.69, 9.17) is 9.84 Å². The van der Waals surface area contributed by atoms with E-state index in [1.807, 2.05) is 0 Å². The number of ether oxygens (including phenoxy) is 1. The van der Waals surface area contributed by atoms with Crippen molar-refractivity contribution in [2.24, 2.45) is 10.9 Å². The average molecular weight is 211 g/mol. The van der Waals surface area contributed by atoms with E-state index in [1.54, 1.807) is 0 Å². The lowest BCUT2D eigenvalue weighted by molar-refractivity contribution is -0.136. The van der Waals surface area contributed by atoms with Crippen molar-refractivity contribution in [3.05, 3.63) is 0 Å². The maximum Gasteiger partial charge on any atom is 0.303 e. The van der Waals surface area contributed by atoms with Crippen LogP contribution >= 0.6 is 0 Å². The van der Waals surface area contributed by atoms with Gasteiger partial charge in [-0.15, -0.1) is 0 Å². The summed E-state index contributed by atoms with van der Waals surface area (Å²) in [4.78, 5) is 14.9. The zero-order valence-corrected chi connectivity index (χ0v) is 8.82. The molecule has 0 aromatic rings. The topological polar surface area (TPSA) is 58.9 Å². The van der Waals surface area contributed by atoms with Crippen LogP contribution in [-0.2, 0) is 9.53 Å². The third-order valence-electron chi connectivity index (χ3n) is 3.23. The number of rotatable bonds is 4. The molecule has 1 aliphatic heterocycles. The monoisotopic (exact) mass is 211 g/mol. The van der Waals surface area contributed by atoms with E-state index >= 15 is 0 Å². The Morgan fingerprint density at radius 2 is 2.20 bits per heavy atom. The second-order valence-electron chi connectivity index (χ2n) is 4.34. The number of carbonyl (C=O) groups is 1. The molecule has 0 aromatic heterocycles. The standard InChI is InChI=1S/C11H17NO3/c13-11(14)6-5-10-12-9(7-15-10)8-3-1-2-4-8/h8-9H,1-7H2,(H,13,14). The van der Waals surface area contributed by atoms with Gasteiger partial charge in [0.05, 0.1) is 12.5 Å². The summed E-state index contributed by atoms with van der Waals surface area (Å²) < 4.78 is 5.42. The molecule has 0 bridgehead atoms. The van der Waals surface area contributed by atoms with Crippen LogP contribution in [0.3, 0.4) is 0 Å². The third-order valence-corrected chi connectivity index (χ3v) is 3.23. The molecular weight excluding hydrogens is 194 g/mol. The fraction of sp³-hybridized carbons (Fsp3) is 0.818. The van der Waals surface area contributed by atoms with Crippen molar-refractivity contribution in [1.82, 2.24) is 0 Å². The molecule has 0 saturated heterocycles. The normalized spacial score (nSPS) is 26.4. The largest absolute Gasteiger partial charge is 0.481 e. The molecular formula is C11H17NO3. The molecule has 2 rings (SSSR count). The molecule has 0 radical (unpaired) electrons. The molecule has 84 valence electrons. The second-order valence-corrected chi connectivity index (χ2v) is 4.34. The molecule has 2 aliphatic rings. The van der Waals surface area contributed by atoms with Crippen LogP contribution in [0.15, 0.2) is 4.99 Å². The predicted molar refractivity (Wildman–Crippen MR) is 56.0 cm³/mol. The van der Waals surface area contributed by atoms with Crippen LogP contribution < -0.4 is 0 Å². The molecule has 15 heavy (non-hydrogen) atoms. The summed E-state index contributed by atoms with van der Waals surface area (Å²) in [5.41, 5.74) is 0. The van der Waals surface area contributed by atoms with Crippen LogP contribution in [0.2, 0.25) is 0 Å². The number of hydrogen-bond acceptors (Lipinski definition) is 3. The lowest BCUT2D eigenvalue weighted by atomic mass is 10.00. The van der Waals surface area contributed by atoms with Gasteiger partial charge < -0.3 is 9.84 Å². The highest BCUT2D eigenvalue weighted by atomic mass is 16.5. The first kappa shape index (κ1) is 10.5. The quantitative estimate of drug-likeness (QED) is 0.771. The van der Waals surface area contributed by atoms with Crippen molar-refractivity contribution in [3.8, 4) is 0 Å². The van der Waals surface area contributed by atoms with Crippen LogP contribution in [0.4, 0.5) is 0 Å². The fourth-order valence-corrected chi connectivity index (χ4v) is 2.38. The first-order valence-corrected chi connectivity index (χ1v) is 5.67. The SMILES string of the molecule is O=C(O)CCC1=NC(C2CCCC2)CO1. The number of nitrogens with zero attached hydrogens (tertiary/aromatic N) is 1. The molecule has 1 fully saturated rings. The molecule has 0 spiro atoms. The van der Waals surface area contributed by atoms with Crippen molar-refractivity contribution in [2.75, 3.05) is 6.61 Å². The zero-order chi connectivity index (χ0) is 10.7. The van der Waals surface area contributed by atoms with Gasteiger partial charge in [-0.05, 0) is 18.8 Å². The Kier molecular flexibility index (Phi) is 3.23. The Hall–Kier alpha value is -1.06. The summed E-state index contributed by atoms with van der Waals surface area (Å²) in [5.74, 6) is 0.534. The minimum atomic E-state index is -0.786. The minimum Gasteiger partial charge on any atom is -0.481 e. The van der Waals surface area contributed by atoms with Crippen molar-refractivity contribution in [2.45, 2.75) is 44.6 Å².